The summed E-state index contributed by atoms with van der Waals surface area (Å²) in [5.41, 5.74) is 0.889. The smallest absolute Gasteiger partial charge is 0.408 e. The van der Waals surface area contributed by atoms with Crippen LogP contribution in [-0.2, 0) is 22.7 Å². The minimum absolute atomic E-state index is 0.0270. The maximum absolute atomic E-state index is 12.4. The molecule has 2 rings (SSSR count). The molecule has 0 spiro atoms. The molecule has 2 atom stereocenters. The lowest BCUT2D eigenvalue weighted by atomic mass is 9.98. The van der Waals surface area contributed by atoms with Crippen molar-refractivity contribution in [2.45, 2.75) is 39.5 Å². The molecule has 2 N–H and O–H groups in total. The molecule has 2 aromatic rings. The summed E-state index contributed by atoms with van der Waals surface area (Å²) >= 11 is 0. The van der Waals surface area contributed by atoms with Gasteiger partial charge in [-0.15, -0.1) is 0 Å². The average molecular weight is 344 g/mol. The van der Waals surface area contributed by atoms with E-state index in [9.17, 15) is 9.59 Å². The van der Waals surface area contributed by atoms with Crippen LogP contribution in [0.25, 0.3) is 0 Å². The van der Waals surface area contributed by atoms with E-state index in [0.717, 1.165) is 12.0 Å². The molecule has 134 valence electrons. The summed E-state index contributed by atoms with van der Waals surface area (Å²) in [5, 5.41) is 5.44. The van der Waals surface area contributed by atoms with Crippen molar-refractivity contribution in [3.63, 3.8) is 0 Å². The van der Waals surface area contributed by atoms with Gasteiger partial charge in [0.2, 0.25) is 5.91 Å². The molecule has 0 aliphatic heterocycles. The van der Waals surface area contributed by atoms with Crippen molar-refractivity contribution in [2.24, 2.45) is 5.92 Å². The Kier molecular flexibility index (Phi) is 7.07. The number of amides is 2. The number of benzene rings is 1. The Balaban J connectivity index is 1.87. The first-order chi connectivity index (χ1) is 12.1. The van der Waals surface area contributed by atoms with Crippen molar-refractivity contribution in [3.8, 4) is 0 Å². The number of furan rings is 1. The van der Waals surface area contributed by atoms with Gasteiger partial charge in [-0.3, -0.25) is 4.79 Å². The first kappa shape index (κ1) is 18.6. The van der Waals surface area contributed by atoms with Crippen LogP contribution in [0.4, 0.5) is 4.79 Å². The molecule has 2 amide bonds. The van der Waals surface area contributed by atoms with Gasteiger partial charge in [0.05, 0.1) is 12.8 Å². The van der Waals surface area contributed by atoms with Crippen LogP contribution in [0, 0.1) is 5.92 Å². The number of nitrogens with one attached hydrogen (secondary N) is 2. The SMILES string of the molecule is CC[C@H](C)[C@H](NC(=O)OCc1ccccc1)C(=O)NCc1ccco1. The predicted molar refractivity (Wildman–Crippen MR) is 93.6 cm³/mol. The highest BCUT2D eigenvalue weighted by atomic mass is 16.5. The lowest BCUT2D eigenvalue weighted by Gasteiger charge is -2.23. The fourth-order valence-corrected chi connectivity index (χ4v) is 2.29. The zero-order chi connectivity index (χ0) is 18.1. The summed E-state index contributed by atoms with van der Waals surface area (Å²) in [7, 11) is 0. The van der Waals surface area contributed by atoms with Crippen molar-refractivity contribution in [1.82, 2.24) is 10.6 Å². The summed E-state index contributed by atoms with van der Waals surface area (Å²) in [5.74, 6) is 0.367. The number of rotatable bonds is 8. The van der Waals surface area contributed by atoms with Gasteiger partial charge >= 0.3 is 6.09 Å². The van der Waals surface area contributed by atoms with E-state index < -0.39 is 12.1 Å². The van der Waals surface area contributed by atoms with E-state index in [-0.39, 0.29) is 25.0 Å². The number of ether oxygens (including phenoxy) is 1. The number of hydrogen-bond acceptors (Lipinski definition) is 4. The van der Waals surface area contributed by atoms with Gasteiger partial charge in [-0.25, -0.2) is 4.79 Å². The van der Waals surface area contributed by atoms with Gasteiger partial charge in [0.1, 0.15) is 18.4 Å². The molecule has 6 nitrogen and oxygen atoms in total. The zero-order valence-electron chi connectivity index (χ0n) is 14.5. The summed E-state index contributed by atoms with van der Waals surface area (Å²) in [6, 6.07) is 12.3. The Labute approximate surface area is 147 Å². The number of hydrogen-bond donors (Lipinski definition) is 2. The second-order valence-corrected chi connectivity index (χ2v) is 5.87. The minimum atomic E-state index is -0.664. The molecule has 0 fully saturated rings. The third-order valence-electron chi connectivity index (χ3n) is 4.00. The Bertz CT molecular complexity index is 655. The lowest BCUT2D eigenvalue weighted by molar-refractivity contribution is -0.124. The third-order valence-corrected chi connectivity index (χ3v) is 4.00. The topological polar surface area (TPSA) is 80.6 Å². The van der Waals surface area contributed by atoms with Crippen LogP contribution in [-0.4, -0.2) is 18.0 Å². The average Bonchev–Trinajstić information content (AvgIpc) is 3.16. The minimum Gasteiger partial charge on any atom is -0.467 e. The molecule has 0 aliphatic rings. The molecule has 1 aromatic carbocycles. The standard InChI is InChI=1S/C19H24N2O4/c1-3-14(2)17(18(22)20-12-16-10-7-11-24-16)21-19(23)25-13-15-8-5-4-6-9-15/h4-11,14,17H,3,12-13H2,1-2H3,(H,20,22)(H,21,23)/t14-,17-/m0/s1. The summed E-state index contributed by atoms with van der Waals surface area (Å²) in [4.78, 5) is 24.5. The maximum atomic E-state index is 12.4. The Hall–Kier alpha value is -2.76. The highest BCUT2D eigenvalue weighted by Gasteiger charge is 2.26. The van der Waals surface area contributed by atoms with E-state index in [0.29, 0.717) is 5.76 Å². The molecule has 1 heterocycles. The third kappa shape index (κ3) is 5.99. The van der Waals surface area contributed by atoms with Crippen LogP contribution in [0.5, 0.6) is 0 Å². The molecule has 25 heavy (non-hydrogen) atoms. The van der Waals surface area contributed by atoms with E-state index in [1.165, 1.54) is 0 Å². The van der Waals surface area contributed by atoms with E-state index in [1.807, 2.05) is 44.2 Å². The van der Waals surface area contributed by atoms with E-state index in [2.05, 4.69) is 10.6 Å². The second kappa shape index (κ2) is 9.52. The highest BCUT2D eigenvalue weighted by molar-refractivity contribution is 5.85. The van der Waals surface area contributed by atoms with Gasteiger partial charge in [-0.05, 0) is 23.6 Å². The molecular weight excluding hydrogens is 320 g/mol. The highest BCUT2D eigenvalue weighted by Crippen LogP contribution is 2.10. The maximum Gasteiger partial charge on any atom is 0.408 e. The van der Waals surface area contributed by atoms with Crippen molar-refractivity contribution >= 4 is 12.0 Å². The van der Waals surface area contributed by atoms with Crippen LogP contribution in [0.2, 0.25) is 0 Å². The van der Waals surface area contributed by atoms with Gasteiger partial charge in [0, 0.05) is 0 Å². The lowest BCUT2D eigenvalue weighted by Crippen LogP contribution is -2.50. The molecule has 0 aliphatic carbocycles. The molecule has 0 radical (unpaired) electrons. The molecule has 0 bridgehead atoms. The zero-order valence-corrected chi connectivity index (χ0v) is 14.5. The quantitative estimate of drug-likeness (QED) is 0.770. The van der Waals surface area contributed by atoms with Crippen LogP contribution in [0.15, 0.2) is 53.1 Å². The summed E-state index contributed by atoms with van der Waals surface area (Å²) in [6.07, 6.45) is 1.69. The molecule has 0 unspecified atom stereocenters. The van der Waals surface area contributed by atoms with Crippen molar-refractivity contribution in [3.05, 3.63) is 60.1 Å². The van der Waals surface area contributed by atoms with Crippen LogP contribution < -0.4 is 10.6 Å². The molecular formula is C19H24N2O4. The first-order valence-electron chi connectivity index (χ1n) is 8.37. The first-order valence-corrected chi connectivity index (χ1v) is 8.37. The molecule has 6 heteroatoms. The number of alkyl carbamates (subject to hydrolysis) is 1. The predicted octanol–water partition coefficient (Wildman–Crippen LogP) is 3.24. The van der Waals surface area contributed by atoms with Gasteiger partial charge in [-0.2, -0.15) is 0 Å². The monoisotopic (exact) mass is 344 g/mol. The normalized spacial score (nSPS) is 12.9. The largest absolute Gasteiger partial charge is 0.467 e. The number of carbonyl (C=O) groups excluding carboxylic acids is 2. The Morgan fingerprint density at radius 2 is 1.92 bits per heavy atom. The number of carbonyl (C=O) groups is 2. The van der Waals surface area contributed by atoms with Gasteiger partial charge in [-0.1, -0.05) is 50.6 Å². The fraction of sp³-hybridized carbons (Fsp3) is 0.368. The van der Waals surface area contributed by atoms with Gasteiger partial charge in [0.25, 0.3) is 0 Å². The van der Waals surface area contributed by atoms with E-state index in [1.54, 1.807) is 18.4 Å². The van der Waals surface area contributed by atoms with Crippen molar-refractivity contribution in [1.29, 1.82) is 0 Å². The second-order valence-electron chi connectivity index (χ2n) is 5.87. The van der Waals surface area contributed by atoms with E-state index >= 15 is 0 Å². The Morgan fingerprint density at radius 1 is 1.16 bits per heavy atom. The van der Waals surface area contributed by atoms with Crippen LogP contribution >= 0.6 is 0 Å². The Morgan fingerprint density at radius 3 is 2.56 bits per heavy atom. The molecule has 1 aromatic heterocycles. The van der Waals surface area contributed by atoms with E-state index in [4.69, 9.17) is 9.15 Å². The van der Waals surface area contributed by atoms with Gasteiger partial charge in [0.15, 0.2) is 0 Å². The van der Waals surface area contributed by atoms with Crippen molar-refractivity contribution in [2.75, 3.05) is 0 Å². The molecule has 0 saturated heterocycles. The fourth-order valence-electron chi connectivity index (χ4n) is 2.29. The molecule has 0 saturated carbocycles. The van der Waals surface area contributed by atoms with Crippen LogP contribution in [0.3, 0.4) is 0 Å². The summed E-state index contributed by atoms with van der Waals surface area (Å²) in [6.45, 7) is 4.32. The van der Waals surface area contributed by atoms with Crippen molar-refractivity contribution < 1.29 is 18.7 Å². The van der Waals surface area contributed by atoms with Gasteiger partial charge < -0.3 is 19.8 Å². The summed E-state index contributed by atoms with van der Waals surface area (Å²) < 4.78 is 10.4. The van der Waals surface area contributed by atoms with Crippen LogP contribution in [0.1, 0.15) is 31.6 Å².